The molecule has 5 heteroatoms. The van der Waals surface area contributed by atoms with Crippen LogP contribution in [0.2, 0.25) is 0 Å². The molecule has 4 N–H and O–H groups in total. The second-order valence-corrected chi connectivity index (χ2v) is 20.2. The third-order valence-electron chi connectivity index (χ3n) is 13.9. The minimum absolute atomic E-state index is 0.358. The maximum atomic E-state index is 12.6. The summed E-state index contributed by atoms with van der Waals surface area (Å²) in [6.07, 6.45) is 67.3. The summed E-state index contributed by atoms with van der Waals surface area (Å²) in [6, 6.07) is -0.794. The van der Waals surface area contributed by atoms with Crippen LogP contribution in [-0.2, 0) is 4.79 Å². The van der Waals surface area contributed by atoms with E-state index < -0.39 is 24.2 Å². The van der Waals surface area contributed by atoms with E-state index in [2.05, 4.69) is 19.2 Å². The molecule has 0 bridgehead atoms. The van der Waals surface area contributed by atoms with Crippen molar-refractivity contribution in [2.24, 2.45) is 0 Å². The van der Waals surface area contributed by atoms with Crippen LogP contribution in [0.15, 0.2) is 12.2 Å². The van der Waals surface area contributed by atoms with Crippen molar-refractivity contribution >= 4 is 5.91 Å². The fourth-order valence-electron chi connectivity index (χ4n) is 9.37. The Hall–Kier alpha value is -0.910. The van der Waals surface area contributed by atoms with Gasteiger partial charge in [-0.1, -0.05) is 321 Å². The van der Waals surface area contributed by atoms with Crippen molar-refractivity contribution in [1.82, 2.24) is 5.32 Å². The number of hydrogen-bond acceptors (Lipinski definition) is 4. The van der Waals surface area contributed by atoms with Gasteiger partial charge in [-0.2, -0.15) is 0 Å². The van der Waals surface area contributed by atoms with Gasteiger partial charge in [0.15, 0.2) is 0 Å². The number of hydrogen-bond donors (Lipinski definition) is 4. The first-order chi connectivity index (χ1) is 31.1. The fraction of sp³-hybridized carbons (Fsp3) is 0.948. The molecule has 0 heterocycles. The summed E-state index contributed by atoms with van der Waals surface area (Å²) in [5.41, 5.74) is 0. The summed E-state index contributed by atoms with van der Waals surface area (Å²) in [5.74, 6) is -0.495. The lowest BCUT2D eigenvalue weighted by atomic mass is 10.0. The third-order valence-corrected chi connectivity index (χ3v) is 13.9. The number of unbranched alkanes of at least 4 members (excludes halogenated alkanes) is 46. The highest BCUT2D eigenvalue weighted by Gasteiger charge is 2.22. The molecule has 63 heavy (non-hydrogen) atoms. The van der Waals surface area contributed by atoms with E-state index in [9.17, 15) is 20.1 Å². The van der Waals surface area contributed by atoms with Gasteiger partial charge in [-0.25, -0.2) is 0 Å². The predicted molar refractivity (Wildman–Crippen MR) is 278 cm³/mol. The SMILES string of the molecule is CCCCCCCCCCCCCCCCCCCCCC/C=C/C(O)C(CO)NC(=O)C(O)CCCCCCCCCCCCCCCCCCCCCCCCCCCCC. The molecule has 0 aromatic carbocycles. The predicted octanol–water partition coefficient (Wildman–Crippen LogP) is 17.9. The highest BCUT2D eigenvalue weighted by Crippen LogP contribution is 2.18. The molecular formula is C58H115NO4. The summed E-state index contributed by atoms with van der Waals surface area (Å²) in [4.78, 5) is 12.6. The average Bonchev–Trinajstić information content (AvgIpc) is 3.29. The summed E-state index contributed by atoms with van der Waals surface area (Å²) < 4.78 is 0. The normalized spacial score (nSPS) is 13.3. The summed E-state index contributed by atoms with van der Waals surface area (Å²) >= 11 is 0. The molecule has 0 saturated heterocycles. The van der Waals surface area contributed by atoms with Crippen LogP contribution in [0.5, 0.6) is 0 Å². The highest BCUT2D eigenvalue weighted by atomic mass is 16.3. The van der Waals surface area contributed by atoms with Gasteiger partial charge in [-0.15, -0.1) is 0 Å². The smallest absolute Gasteiger partial charge is 0.249 e. The monoisotopic (exact) mass is 890 g/mol. The molecule has 0 aliphatic carbocycles. The fourth-order valence-corrected chi connectivity index (χ4v) is 9.37. The second kappa shape index (κ2) is 53.7. The van der Waals surface area contributed by atoms with Crippen LogP contribution in [0.4, 0.5) is 0 Å². The molecule has 1 amide bonds. The summed E-state index contributed by atoms with van der Waals surface area (Å²) in [6.45, 7) is 4.23. The van der Waals surface area contributed by atoms with Crippen molar-refractivity contribution in [3.63, 3.8) is 0 Å². The van der Waals surface area contributed by atoms with Gasteiger partial charge < -0.3 is 20.6 Å². The largest absolute Gasteiger partial charge is 0.394 e. The van der Waals surface area contributed by atoms with Crippen LogP contribution in [-0.4, -0.2) is 46.1 Å². The van der Waals surface area contributed by atoms with Crippen molar-refractivity contribution in [2.75, 3.05) is 6.61 Å². The first kappa shape index (κ1) is 62.1. The van der Waals surface area contributed by atoms with Gasteiger partial charge in [0, 0.05) is 0 Å². The Kier molecular flexibility index (Phi) is 52.9. The Labute approximate surface area is 395 Å². The van der Waals surface area contributed by atoms with E-state index in [0.29, 0.717) is 6.42 Å². The number of aliphatic hydroxyl groups excluding tert-OH is 3. The van der Waals surface area contributed by atoms with Gasteiger partial charge in [-0.05, 0) is 19.3 Å². The van der Waals surface area contributed by atoms with Crippen molar-refractivity contribution in [3.8, 4) is 0 Å². The quantitative estimate of drug-likeness (QED) is 0.0362. The van der Waals surface area contributed by atoms with Crippen LogP contribution in [0.1, 0.15) is 328 Å². The van der Waals surface area contributed by atoms with Crippen LogP contribution in [0.3, 0.4) is 0 Å². The van der Waals surface area contributed by atoms with Crippen LogP contribution in [0.25, 0.3) is 0 Å². The number of aliphatic hydroxyl groups is 3. The first-order valence-electron chi connectivity index (χ1n) is 29.0. The van der Waals surface area contributed by atoms with Crippen molar-refractivity contribution in [2.45, 2.75) is 347 Å². The van der Waals surface area contributed by atoms with Gasteiger partial charge in [0.1, 0.15) is 6.10 Å². The van der Waals surface area contributed by atoms with Crippen LogP contribution >= 0.6 is 0 Å². The number of amides is 1. The van der Waals surface area contributed by atoms with Crippen LogP contribution < -0.4 is 5.32 Å². The number of nitrogens with one attached hydrogen (secondary N) is 1. The maximum Gasteiger partial charge on any atom is 0.249 e. The van der Waals surface area contributed by atoms with E-state index in [1.54, 1.807) is 6.08 Å². The summed E-state index contributed by atoms with van der Waals surface area (Å²) in [7, 11) is 0. The highest BCUT2D eigenvalue weighted by molar-refractivity contribution is 5.80. The maximum absolute atomic E-state index is 12.6. The van der Waals surface area contributed by atoms with E-state index in [4.69, 9.17) is 0 Å². The molecule has 5 nitrogen and oxygen atoms in total. The zero-order chi connectivity index (χ0) is 45.8. The standard InChI is InChI=1S/C58H115NO4/c1-3-5-7-9-11-13-15-17-19-21-23-25-27-28-29-30-31-33-35-37-39-41-43-45-47-49-51-53-57(62)58(63)59-55(54-60)56(61)52-50-48-46-44-42-40-38-36-34-32-26-24-22-20-18-16-14-12-10-8-6-4-2/h50,52,55-57,60-62H,3-49,51,53-54H2,1-2H3,(H,59,63)/b52-50+. The molecule has 0 aromatic rings. The summed E-state index contributed by atoms with van der Waals surface area (Å²) in [5, 5.41) is 33.4. The first-order valence-corrected chi connectivity index (χ1v) is 29.0. The van der Waals surface area contributed by atoms with Gasteiger partial charge >= 0.3 is 0 Å². The Morgan fingerprint density at radius 1 is 0.381 bits per heavy atom. The molecule has 0 aliphatic rings. The molecule has 0 aliphatic heterocycles. The Morgan fingerprint density at radius 2 is 0.619 bits per heavy atom. The van der Waals surface area contributed by atoms with Gasteiger partial charge in [0.05, 0.1) is 18.8 Å². The van der Waals surface area contributed by atoms with Crippen molar-refractivity contribution in [1.29, 1.82) is 0 Å². The third kappa shape index (κ3) is 48.8. The molecule has 0 saturated carbocycles. The van der Waals surface area contributed by atoms with Gasteiger partial charge in [0.2, 0.25) is 5.91 Å². The molecule has 3 unspecified atom stereocenters. The van der Waals surface area contributed by atoms with E-state index in [0.717, 1.165) is 32.1 Å². The lowest BCUT2D eigenvalue weighted by Crippen LogP contribution is -2.48. The Balaban J connectivity index is 3.52. The molecular weight excluding hydrogens is 775 g/mol. The topological polar surface area (TPSA) is 89.8 Å². The lowest BCUT2D eigenvalue weighted by Gasteiger charge is -2.21. The number of allylic oxidation sites excluding steroid dienone is 1. The molecule has 0 aromatic heterocycles. The van der Waals surface area contributed by atoms with E-state index in [1.807, 2.05) is 6.08 Å². The molecule has 0 radical (unpaired) electrons. The Morgan fingerprint density at radius 3 is 0.873 bits per heavy atom. The number of carbonyl (C=O) groups excluding carboxylic acids is 1. The molecule has 3 atom stereocenters. The molecule has 0 fully saturated rings. The second-order valence-electron chi connectivity index (χ2n) is 20.2. The van der Waals surface area contributed by atoms with Crippen molar-refractivity contribution in [3.05, 3.63) is 12.2 Å². The Bertz CT molecular complexity index is 894. The van der Waals surface area contributed by atoms with Crippen LogP contribution in [0, 0.1) is 0 Å². The molecule has 0 spiro atoms. The minimum atomic E-state index is -1.09. The van der Waals surface area contributed by atoms with E-state index in [-0.39, 0.29) is 6.61 Å². The minimum Gasteiger partial charge on any atom is -0.394 e. The van der Waals surface area contributed by atoms with Crippen molar-refractivity contribution < 1.29 is 20.1 Å². The zero-order valence-corrected chi connectivity index (χ0v) is 43.0. The zero-order valence-electron chi connectivity index (χ0n) is 43.0. The molecule has 376 valence electrons. The van der Waals surface area contributed by atoms with Gasteiger partial charge in [-0.3, -0.25) is 4.79 Å². The lowest BCUT2D eigenvalue weighted by molar-refractivity contribution is -0.131. The van der Waals surface area contributed by atoms with E-state index >= 15 is 0 Å². The molecule has 0 rings (SSSR count). The average molecular weight is 891 g/mol. The number of carbonyl (C=O) groups is 1. The van der Waals surface area contributed by atoms with E-state index in [1.165, 1.54) is 276 Å². The van der Waals surface area contributed by atoms with Gasteiger partial charge in [0.25, 0.3) is 0 Å². The number of rotatable bonds is 54.